The van der Waals surface area contributed by atoms with Crippen LogP contribution in [0.15, 0.2) is 34.7 Å². The van der Waals surface area contributed by atoms with E-state index in [1.54, 1.807) is 11.3 Å². The molecule has 0 aliphatic rings. The Hall–Kier alpha value is -1.62. The Morgan fingerprint density at radius 2 is 1.71 bits per heavy atom. The van der Waals surface area contributed by atoms with Crippen LogP contribution in [0.4, 0.5) is 0 Å². The summed E-state index contributed by atoms with van der Waals surface area (Å²) < 4.78 is 7.12. The monoisotopic (exact) mass is 432 g/mol. The summed E-state index contributed by atoms with van der Waals surface area (Å²) in [5, 5.41) is 2.37. The molecule has 3 nitrogen and oxygen atoms in total. The van der Waals surface area contributed by atoms with E-state index in [2.05, 4.69) is 45.7 Å². The van der Waals surface area contributed by atoms with Crippen LogP contribution in [0.3, 0.4) is 0 Å². The fourth-order valence-corrected chi connectivity index (χ4v) is 4.90. The van der Waals surface area contributed by atoms with Crippen LogP contribution in [0, 0.1) is 0 Å². The topological polar surface area (TPSA) is 38.9 Å². The lowest BCUT2D eigenvalue weighted by Crippen LogP contribution is -2.20. The average molecular weight is 433 g/mol. The van der Waals surface area contributed by atoms with Crippen LogP contribution in [-0.4, -0.2) is 9.97 Å². The highest BCUT2D eigenvalue weighted by Crippen LogP contribution is 2.38. The van der Waals surface area contributed by atoms with Gasteiger partial charge in [-0.3, -0.25) is 0 Å². The minimum atomic E-state index is -0.170. The fraction of sp³-hybridized carbons (Fsp3) is 0.364. The summed E-state index contributed by atoms with van der Waals surface area (Å²) in [6.07, 6.45) is 0.783. The molecule has 2 heterocycles. The van der Waals surface area contributed by atoms with Crippen molar-refractivity contribution in [3.05, 3.63) is 56.8 Å². The van der Waals surface area contributed by atoms with Crippen LogP contribution in [0.25, 0.3) is 21.3 Å². The number of benzene rings is 2. The van der Waals surface area contributed by atoms with Gasteiger partial charge in [-0.15, -0.1) is 11.3 Å². The lowest BCUT2D eigenvalue weighted by atomic mass is 9.86. The number of aromatic nitrogens is 2. The van der Waals surface area contributed by atoms with Crippen molar-refractivity contribution in [1.82, 2.24) is 9.97 Å². The molecule has 0 amide bonds. The average Bonchev–Trinajstić information content (AvgIpc) is 3.19. The number of para-hydroxylation sites is 1. The number of thiazole rings is 1. The number of oxazole rings is 1. The summed E-state index contributed by atoms with van der Waals surface area (Å²) in [4.78, 5) is 9.41. The first kappa shape index (κ1) is 19.7. The van der Waals surface area contributed by atoms with Gasteiger partial charge in [-0.25, -0.2) is 9.97 Å². The van der Waals surface area contributed by atoms with Crippen molar-refractivity contribution in [3.8, 4) is 0 Å². The Labute approximate surface area is 178 Å². The number of hydrogen-bond donors (Lipinski definition) is 0. The molecule has 0 saturated heterocycles. The predicted molar refractivity (Wildman–Crippen MR) is 119 cm³/mol. The van der Waals surface area contributed by atoms with E-state index in [9.17, 15) is 0 Å². The number of nitrogens with zero attached hydrogens (tertiary/aromatic N) is 2. The van der Waals surface area contributed by atoms with Gasteiger partial charge >= 0.3 is 0 Å². The molecule has 2 aromatic carbocycles. The summed E-state index contributed by atoms with van der Waals surface area (Å²) in [6, 6.07) is 9.94. The second-order valence-corrected chi connectivity index (χ2v) is 10.7. The van der Waals surface area contributed by atoms with Gasteiger partial charge in [0.15, 0.2) is 5.58 Å². The van der Waals surface area contributed by atoms with Crippen LogP contribution < -0.4 is 0 Å². The molecular weight excluding hydrogens is 411 g/mol. The maximum atomic E-state index is 6.53. The molecule has 146 valence electrons. The minimum Gasteiger partial charge on any atom is -0.440 e. The molecular formula is C22H22Cl2N2OS. The van der Waals surface area contributed by atoms with E-state index < -0.39 is 0 Å². The van der Waals surface area contributed by atoms with Gasteiger partial charge < -0.3 is 4.42 Å². The molecule has 0 aliphatic carbocycles. The van der Waals surface area contributed by atoms with Crippen LogP contribution in [0.5, 0.6) is 0 Å². The fourth-order valence-electron chi connectivity index (χ4n) is 3.26. The summed E-state index contributed by atoms with van der Waals surface area (Å²) in [6.45, 7) is 10.6. The van der Waals surface area contributed by atoms with E-state index in [1.165, 1.54) is 0 Å². The van der Waals surface area contributed by atoms with Gasteiger partial charge in [-0.1, -0.05) is 63.9 Å². The maximum Gasteiger partial charge on any atom is 0.200 e. The molecule has 0 N–H and O–H groups in total. The number of hydrogen-bond acceptors (Lipinski definition) is 4. The molecule has 4 aromatic rings. The van der Waals surface area contributed by atoms with Gasteiger partial charge in [-0.2, -0.15) is 0 Å². The van der Waals surface area contributed by atoms with Crippen LogP contribution in [0.2, 0.25) is 10.0 Å². The number of fused-ring (bicyclic) bond motifs is 2. The first-order valence-corrected chi connectivity index (χ1v) is 10.8. The van der Waals surface area contributed by atoms with Crippen LogP contribution in [0.1, 0.15) is 51.1 Å². The van der Waals surface area contributed by atoms with E-state index in [0.717, 1.165) is 38.3 Å². The van der Waals surface area contributed by atoms with Crippen molar-refractivity contribution in [2.75, 3.05) is 0 Å². The SMILES string of the molecule is CC(C)(C)c1nc2c(Cl)cc(CC(C)(C)c3nc4c(Cl)cccc4s3)cc2o1. The standard InChI is InChI=1S/C22H22Cl2N2OS/c1-21(2,3)19-25-17-14(24)9-12(10-15(17)27-19)11-22(4,5)20-26-18-13(23)7-6-8-16(18)28-20/h6-10H,11H2,1-5H3. The summed E-state index contributed by atoms with van der Waals surface area (Å²) in [5.74, 6) is 0.696. The highest BCUT2D eigenvalue weighted by Gasteiger charge is 2.27. The van der Waals surface area contributed by atoms with E-state index in [-0.39, 0.29) is 10.8 Å². The molecule has 0 fully saturated rings. The molecule has 0 bridgehead atoms. The largest absolute Gasteiger partial charge is 0.440 e. The third-order valence-corrected chi connectivity index (χ3v) is 6.72. The maximum absolute atomic E-state index is 6.53. The molecule has 28 heavy (non-hydrogen) atoms. The second-order valence-electron chi connectivity index (χ2n) is 8.86. The molecule has 0 aliphatic heterocycles. The normalized spacial score (nSPS) is 13.0. The lowest BCUT2D eigenvalue weighted by molar-refractivity contribution is 0.410. The molecule has 2 aromatic heterocycles. The molecule has 6 heteroatoms. The number of rotatable bonds is 3. The van der Waals surface area contributed by atoms with Crippen molar-refractivity contribution in [2.45, 2.75) is 51.9 Å². The Morgan fingerprint density at radius 3 is 2.39 bits per heavy atom. The zero-order valence-electron chi connectivity index (χ0n) is 16.6. The first-order valence-electron chi connectivity index (χ1n) is 9.19. The summed E-state index contributed by atoms with van der Waals surface area (Å²) in [5.41, 5.74) is 3.09. The smallest absolute Gasteiger partial charge is 0.200 e. The van der Waals surface area contributed by atoms with Gasteiger partial charge in [0.2, 0.25) is 5.89 Å². The van der Waals surface area contributed by atoms with Gasteiger partial charge in [0.25, 0.3) is 0 Å². The van der Waals surface area contributed by atoms with Crippen molar-refractivity contribution in [3.63, 3.8) is 0 Å². The van der Waals surface area contributed by atoms with Crippen molar-refractivity contribution >= 4 is 55.9 Å². The Kier molecular flexibility index (Phi) is 4.72. The summed E-state index contributed by atoms with van der Waals surface area (Å²) >= 11 is 14.5. The number of halogens is 2. The van der Waals surface area contributed by atoms with E-state index >= 15 is 0 Å². The highest BCUT2D eigenvalue weighted by molar-refractivity contribution is 7.18. The van der Waals surface area contributed by atoms with Gasteiger partial charge in [0.1, 0.15) is 11.0 Å². The minimum absolute atomic E-state index is 0.165. The third-order valence-electron chi connectivity index (χ3n) is 4.74. The molecule has 0 spiro atoms. The van der Waals surface area contributed by atoms with E-state index in [1.807, 2.05) is 24.3 Å². The van der Waals surface area contributed by atoms with Crippen molar-refractivity contribution in [1.29, 1.82) is 0 Å². The molecule has 4 rings (SSSR count). The lowest BCUT2D eigenvalue weighted by Gasteiger charge is -2.22. The van der Waals surface area contributed by atoms with Crippen molar-refractivity contribution < 1.29 is 4.42 Å². The Balaban J connectivity index is 1.72. The zero-order valence-corrected chi connectivity index (χ0v) is 18.9. The van der Waals surface area contributed by atoms with E-state index in [0.29, 0.717) is 15.9 Å². The van der Waals surface area contributed by atoms with E-state index in [4.69, 9.17) is 32.6 Å². The first-order chi connectivity index (χ1) is 13.0. The Morgan fingerprint density at radius 1 is 0.964 bits per heavy atom. The van der Waals surface area contributed by atoms with Crippen LogP contribution in [-0.2, 0) is 17.3 Å². The predicted octanol–water partition coefficient (Wildman–Crippen LogP) is 7.56. The van der Waals surface area contributed by atoms with Gasteiger partial charge in [-0.05, 0) is 36.2 Å². The zero-order chi connectivity index (χ0) is 20.3. The van der Waals surface area contributed by atoms with Crippen LogP contribution >= 0.6 is 34.5 Å². The van der Waals surface area contributed by atoms with Gasteiger partial charge in [0, 0.05) is 10.8 Å². The second kappa shape index (κ2) is 6.72. The molecule has 0 unspecified atom stereocenters. The van der Waals surface area contributed by atoms with Crippen molar-refractivity contribution in [2.24, 2.45) is 0 Å². The summed E-state index contributed by atoms with van der Waals surface area (Å²) in [7, 11) is 0. The highest BCUT2D eigenvalue weighted by atomic mass is 35.5. The Bertz CT molecular complexity index is 1180. The molecule has 0 saturated carbocycles. The quantitative estimate of drug-likeness (QED) is 0.335. The molecule has 0 radical (unpaired) electrons. The third kappa shape index (κ3) is 3.54. The molecule has 0 atom stereocenters. The van der Waals surface area contributed by atoms with Gasteiger partial charge in [0.05, 0.1) is 19.8 Å².